The van der Waals surface area contributed by atoms with Crippen molar-refractivity contribution in [1.29, 1.82) is 0 Å². The Kier molecular flexibility index (Phi) is 5.04. The largest absolute Gasteiger partial charge is 0.347 e. The van der Waals surface area contributed by atoms with E-state index >= 15 is 0 Å². The van der Waals surface area contributed by atoms with Gasteiger partial charge in [-0.2, -0.15) is 0 Å². The summed E-state index contributed by atoms with van der Waals surface area (Å²) < 4.78 is 3.44. The summed E-state index contributed by atoms with van der Waals surface area (Å²) in [6.07, 6.45) is 5.98. The Morgan fingerprint density at radius 3 is 2.59 bits per heavy atom. The Balaban J connectivity index is 1.36. The van der Waals surface area contributed by atoms with Gasteiger partial charge in [0, 0.05) is 35.2 Å². The van der Waals surface area contributed by atoms with Crippen molar-refractivity contribution in [2.45, 2.75) is 44.2 Å². The molecule has 5 nitrogen and oxygen atoms in total. The van der Waals surface area contributed by atoms with Crippen LogP contribution in [0.25, 0.3) is 11.0 Å². The highest BCUT2D eigenvalue weighted by atomic mass is 79.9. The molecule has 1 saturated heterocycles. The van der Waals surface area contributed by atoms with Gasteiger partial charge in [0.05, 0.1) is 11.0 Å². The van der Waals surface area contributed by atoms with E-state index in [0.717, 1.165) is 35.4 Å². The fraction of sp³-hybridized carbons (Fsp3) is 0.391. The predicted molar refractivity (Wildman–Crippen MR) is 119 cm³/mol. The van der Waals surface area contributed by atoms with Crippen LogP contribution in [0.1, 0.15) is 48.5 Å². The summed E-state index contributed by atoms with van der Waals surface area (Å²) >= 11 is 3.42. The summed E-state index contributed by atoms with van der Waals surface area (Å²) in [5.74, 6) is 1.06. The highest BCUT2D eigenvalue weighted by Gasteiger charge is 2.30. The van der Waals surface area contributed by atoms with E-state index in [2.05, 4.69) is 55.0 Å². The molecule has 0 radical (unpaired) electrons. The fourth-order valence-electron chi connectivity index (χ4n) is 4.71. The maximum absolute atomic E-state index is 12.6. The number of hydrogen-bond acceptors (Lipinski definition) is 3. The fourth-order valence-corrected chi connectivity index (χ4v) is 4.97. The van der Waals surface area contributed by atoms with Gasteiger partial charge in [-0.3, -0.25) is 4.79 Å². The number of para-hydroxylation sites is 2. The first-order valence-corrected chi connectivity index (χ1v) is 11.3. The number of aromatic nitrogens is 2. The van der Waals surface area contributed by atoms with Crippen LogP contribution in [0.2, 0.25) is 0 Å². The topological polar surface area (TPSA) is 50.2 Å². The van der Waals surface area contributed by atoms with Gasteiger partial charge in [0.15, 0.2) is 0 Å². The minimum atomic E-state index is -0.00588. The summed E-state index contributed by atoms with van der Waals surface area (Å²) in [6, 6.07) is 16.6. The number of carbonyl (C=O) groups is 1. The van der Waals surface area contributed by atoms with Crippen molar-refractivity contribution in [3.63, 3.8) is 0 Å². The lowest BCUT2D eigenvalue weighted by Crippen LogP contribution is -2.37. The van der Waals surface area contributed by atoms with E-state index in [1.807, 2.05) is 24.3 Å². The lowest BCUT2D eigenvalue weighted by molar-refractivity contribution is 0.0940. The summed E-state index contributed by atoms with van der Waals surface area (Å²) in [6.45, 7) is 1.72. The molecule has 150 valence electrons. The van der Waals surface area contributed by atoms with Crippen molar-refractivity contribution in [2.75, 3.05) is 18.0 Å². The van der Waals surface area contributed by atoms with Crippen LogP contribution >= 0.6 is 15.9 Å². The van der Waals surface area contributed by atoms with E-state index in [4.69, 9.17) is 4.98 Å². The zero-order valence-electron chi connectivity index (χ0n) is 16.4. The van der Waals surface area contributed by atoms with E-state index < -0.39 is 0 Å². The molecule has 3 aromatic rings. The number of imidazole rings is 1. The molecule has 1 aliphatic heterocycles. The normalized spacial score (nSPS) is 19.9. The van der Waals surface area contributed by atoms with Crippen LogP contribution in [0.5, 0.6) is 0 Å². The molecule has 2 heterocycles. The average molecular weight is 453 g/mol. The van der Waals surface area contributed by atoms with Crippen LogP contribution in [0.15, 0.2) is 53.0 Å². The monoisotopic (exact) mass is 452 g/mol. The van der Waals surface area contributed by atoms with Gasteiger partial charge in [0.2, 0.25) is 5.95 Å². The van der Waals surface area contributed by atoms with Crippen molar-refractivity contribution >= 4 is 38.8 Å². The van der Waals surface area contributed by atoms with Gasteiger partial charge in [0.1, 0.15) is 0 Å². The highest BCUT2D eigenvalue weighted by Crippen LogP contribution is 2.37. The zero-order valence-corrected chi connectivity index (χ0v) is 17.9. The summed E-state index contributed by atoms with van der Waals surface area (Å²) in [5, 5.41) is 3.20. The number of amides is 1. The Hall–Kier alpha value is -2.34. The van der Waals surface area contributed by atoms with Crippen molar-refractivity contribution in [3.05, 3.63) is 58.6 Å². The molecule has 1 atom stereocenters. The summed E-state index contributed by atoms with van der Waals surface area (Å²) in [7, 11) is 0. The molecule has 0 unspecified atom stereocenters. The lowest BCUT2D eigenvalue weighted by Gasteiger charge is -2.23. The van der Waals surface area contributed by atoms with Gasteiger partial charge in [-0.15, -0.1) is 0 Å². The maximum atomic E-state index is 12.6. The Morgan fingerprint density at radius 1 is 1.03 bits per heavy atom. The van der Waals surface area contributed by atoms with Crippen LogP contribution in [0.4, 0.5) is 5.95 Å². The second kappa shape index (κ2) is 7.82. The molecule has 0 bridgehead atoms. The third-order valence-corrected chi connectivity index (χ3v) is 6.71. The van der Waals surface area contributed by atoms with Crippen LogP contribution in [-0.4, -0.2) is 34.6 Å². The predicted octanol–water partition coefficient (Wildman–Crippen LogP) is 4.92. The molecule has 2 aliphatic rings. The molecule has 1 saturated carbocycles. The van der Waals surface area contributed by atoms with E-state index in [9.17, 15) is 4.79 Å². The quantitative estimate of drug-likeness (QED) is 0.610. The molecule has 6 heteroatoms. The first-order valence-electron chi connectivity index (χ1n) is 10.5. The molecule has 1 N–H and O–H groups in total. The molecule has 1 aliphatic carbocycles. The number of rotatable bonds is 4. The molecular weight excluding hydrogens is 428 g/mol. The number of nitrogens with one attached hydrogen (secondary N) is 1. The minimum absolute atomic E-state index is 0.00588. The van der Waals surface area contributed by atoms with Crippen molar-refractivity contribution < 1.29 is 4.79 Å². The zero-order chi connectivity index (χ0) is 19.8. The number of nitrogens with zero attached hydrogens (tertiary/aromatic N) is 3. The number of anilines is 1. The molecule has 2 fully saturated rings. The lowest BCUT2D eigenvalue weighted by atomic mass is 10.2. The smallest absolute Gasteiger partial charge is 0.251 e. The van der Waals surface area contributed by atoms with Gasteiger partial charge in [0.25, 0.3) is 5.91 Å². The molecule has 0 spiro atoms. The van der Waals surface area contributed by atoms with Gasteiger partial charge in [-0.05, 0) is 55.7 Å². The number of hydrogen-bond donors (Lipinski definition) is 1. The molecule has 29 heavy (non-hydrogen) atoms. The standard InChI is InChI=1S/C23H25BrN4O/c24-17-11-9-16(10-12-17)22(29)25-18-13-14-27(15-18)23-26-20-7-3-4-8-21(20)28(23)19-5-1-2-6-19/h3-4,7-12,18-19H,1-2,5-6,13-15H2,(H,25,29)/t18-/m0/s1. The van der Waals surface area contributed by atoms with E-state index in [1.165, 1.54) is 31.2 Å². The van der Waals surface area contributed by atoms with Gasteiger partial charge >= 0.3 is 0 Å². The van der Waals surface area contributed by atoms with Crippen LogP contribution in [0.3, 0.4) is 0 Å². The van der Waals surface area contributed by atoms with Crippen LogP contribution < -0.4 is 10.2 Å². The molecule has 2 aromatic carbocycles. The number of carbonyl (C=O) groups excluding carboxylic acids is 1. The second-order valence-electron chi connectivity index (χ2n) is 8.12. The van der Waals surface area contributed by atoms with Gasteiger partial charge in [-0.25, -0.2) is 4.98 Å². The van der Waals surface area contributed by atoms with Crippen LogP contribution in [-0.2, 0) is 0 Å². The number of halogens is 1. The molecular formula is C23H25BrN4O. The summed E-state index contributed by atoms with van der Waals surface area (Å²) in [4.78, 5) is 20.0. The van der Waals surface area contributed by atoms with Crippen LogP contribution in [0, 0.1) is 0 Å². The molecule has 1 amide bonds. The maximum Gasteiger partial charge on any atom is 0.251 e. The molecule has 5 rings (SSSR count). The first-order chi connectivity index (χ1) is 14.2. The van der Waals surface area contributed by atoms with Crippen molar-refractivity contribution in [3.8, 4) is 0 Å². The first kappa shape index (κ1) is 18.7. The number of benzene rings is 2. The third-order valence-electron chi connectivity index (χ3n) is 6.18. The highest BCUT2D eigenvalue weighted by molar-refractivity contribution is 9.10. The average Bonchev–Trinajstić information content (AvgIpc) is 3.47. The van der Waals surface area contributed by atoms with Crippen molar-refractivity contribution in [2.24, 2.45) is 0 Å². The van der Waals surface area contributed by atoms with E-state index in [1.54, 1.807) is 0 Å². The van der Waals surface area contributed by atoms with E-state index in [-0.39, 0.29) is 11.9 Å². The SMILES string of the molecule is O=C(N[C@H]1CCN(c2nc3ccccc3n2C2CCCC2)C1)c1ccc(Br)cc1. The van der Waals surface area contributed by atoms with Gasteiger partial charge < -0.3 is 14.8 Å². The van der Waals surface area contributed by atoms with Gasteiger partial charge in [-0.1, -0.05) is 40.9 Å². The Morgan fingerprint density at radius 2 is 1.79 bits per heavy atom. The minimum Gasteiger partial charge on any atom is -0.347 e. The second-order valence-corrected chi connectivity index (χ2v) is 9.04. The van der Waals surface area contributed by atoms with Crippen molar-refractivity contribution in [1.82, 2.24) is 14.9 Å². The number of fused-ring (bicyclic) bond motifs is 1. The molecule has 1 aromatic heterocycles. The van der Waals surface area contributed by atoms with E-state index in [0.29, 0.717) is 11.6 Å². The third kappa shape index (κ3) is 3.66. The summed E-state index contributed by atoms with van der Waals surface area (Å²) in [5.41, 5.74) is 3.00. The Bertz CT molecular complexity index is 1020. The Labute approximate surface area is 179 Å².